The fourth-order valence-corrected chi connectivity index (χ4v) is 4.90. The minimum absolute atomic E-state index is 0.0791. The first-order chi connectivity index (χ1) is 13.2. The molecule has 2 fully saturated rings. The third-order valence-electron chi connectivity index (χ3n) is 6.59. The Kier molecular flexibility index (Phi) is 5.08. The minimum atomic E-state index is 0.0791. The van der Waals surface area contributed by atoms with Crippen molar-refractivity contribution in [2.45, 2.75) is 57.1 Å². The second-order valence-corrected chi connectivity index (χ2v) is 7.95. The fourth-order valence-electron chi connectivity index (χ4n) is 4.90. The molecular weight excluding hydrogens is 340 g/mol. The molecule has 27 heavy (non-hydrogen) atoms. The largest absolute Gasteiger partial charge is 0.378 e. The van der Waals surface area contributed by atoms with E-state index in [-0.39, 0.29) is 11.8 Å². The summed E-state index contributed by atoms with van der Waals surface area (Å²) in [6.45, 7) is 3.56. The van der Waals surface area contributed by atoms with Gasteiger partial charge >= 0.3 is 0 Å². The molecule has 2 saturated carbocycles. The second-order valence-electron chi connectivity index (χ2n) is 7.95. The average molecular weight is 370 g/mol. The molecule has 1 aromatic rings. The lowest BCUT2D eigenvalue weighted by Gasteiger charge is -2.61. The monoisotopic (exact) mass is 370 g/mol. The Balaban J connectivity index is 1.36. The fraction of sp³-hybridized carbons (Fsp3) is 0.619. The third-order valence-corrected chi connectivity index (χ3v) is 6.59. The number of hydrogen-bond acceptors (Lipinski definition) is 3. The van der Waals surface area contributed by atoms with Gasteiger partial charge in [0.15, 0.2) is 5.96 Å². The smallest absolute Gasteiger partial charge is 0.225 e. The number of amides is 1. The van der Waals surface area contributed by atoms with E-state index in [0.717, 1.165) is 24.7 Å². The maximum atomic E-state index is 12.0. The van der Waals surface area contributed by atoms with Crippen molar-refractivity contribution in [3.63, 3.8) is 0 Å². The van der Waals surface area contributed by atoms with Gasteiger partial charge in [0.05, 0.1) is 6.10 Å². The van der Waals surface area contributed by atoms with Gasteiger partial charge in [0, 0.05) is 49.7 Å². The van der Waals surface area contributed by atoms with Crippen LogP contribution >= 0.6 is 0 Å². The van der Waals surface area contributed by atoms with E-state index in [0.29, 0.717) is 30.5 Å². The van der Waals surface area contributed by atoms with Crippen molar-refractivity contribution in [1.82, 2.24) is 10.6 Å². The first-order valence-electron chi connectivity index (χ1n) is 10.1. The van der Waals surface area contributed by atoms with Crippen molar-refractivity contribution in [3.8, 4) is 0 Å². The van der Waals surface area contributed by atoms with Crippen molar-refractivity contribution in [1.29, 1.82) is 0 Å². The molecule has 3 N–H and O–H groups in total. The molecule has 3 unspecified atom stereocenters. The lowest BCUT2D eigenvalue weighted by atomic mass is 9.51. The van der Waals surface area contributed by atoms with E-state index >= 15 is 0 Å². The van der Waals surface area contributed by atoms with Crippen LogP contribution < -0.4 is 16.0 Å². The maximum absolute atomic E-state index is 12.0. The molecule has 3 atom stereocenters. The van der Waals surface area contributed by atoms with Gasteiger partial charge in [0.2, 0.25) is 5.91 Å². The Hall–Kier alpha value is -2.08. The molecule has 3 aliphatic rings. The number of nitrogens with zero attached hydrogens (tertiary/aromatic N) is 1. The van der Waals surface area contributed by atoms with Crippen LogP contribution in [0.25, 0.3) is 0 Å². The van der Waals surface area contributed by atoms with Gasteiger partial charge in [-0.1, -0.05) is 24.6 Å². The molecule has 146 valence electrons. The zero-order valence-electron chi connectivity index (χ0n) is 16.3. The van der Waals surface area contributed by atoms with Crippen molar-refractivity contribution >= 4 is 17.6 Å². The molecule has 6 heteroatoms. The topological polar surface area (TPSA) is 74.8 Å². The van der Waals surface area contributed by atoms with Gasteiger partial charge < -0.3 is 20.7 Å². The summed E-state index contributed by atoms with van der Waals surface area (Å²) in [5, 5.41) is 10.0. The Morgan fingerprint density at radius 2 is 2.19 bits per heavy atom. The molecule has 1 spiro atoms. The molecule has 0 saturated heterocycles. The normalized spacial score (nSPS) is 28.6. The predicted molar refractivity (Wildman–Crippen MR) is 107 cm³/mol. The second kappa shape index (κ2) is 7.50. The van der Waals surface area contributed by atoms with Gasteiger partial charge in [-0.2, -0.15) is 0 Å². The average Bonchev–Trinajstić information content (AvgIpc) is 2.61. The molecule has 6 nitrogen and oxygen atoms in total. The van der Waals surface area contributed by atoms with E-state index in [1.807, 2.05) is 25.2 Å². The number of para-hydroxylation sites is 1. The molecule has 4 rings (SSSR count). The summed E-state index contributed by atoms with van der Waals surface area (Å²) >= 11 is 0. The number of ether oxygens (including phenoxy) is 1. The van der Waals surface area contributed by atoms with E-state index in [1.165, 1.54) is 24.8 Å². The van der Waals surface area contributed by atoms with Gasteiger partial charge in [-0.3, -0.25) is 9.79 Å². The Bertz CT molecular complexity index is 729. The summed E-state index contributed by atoms with van der Waals surface area (Å²) in [6.07, 6.45) is 5.71. The number of fused-ring (bicyclic) bond motifs is 1. The minimum Gasteiger partial charge on any atom is -0.378 e. The van der Waals surface area contributed by atoms with Crippen LogP contribution in [-0.2, 0) is 9.53 Å². The van der Waals surface area contributed by atoms with Crippen LogP contribution in [0.4, 0.5) is 5.69 Å². The number of aliphatic imine (C=N–C) groups is 1. The highest BCUT2D eigenvalue weighted by molar-refractivity contribution is 5.94. The summed E-state index contributed by atoms with van der Waals surface area (Å²) in [7, 11) is 1.81. The summed E-state index contributed by atoms with van der Waals surface area (Å²) in [5.41, 5.74) is 2.41. The van der Waals surface area contributed by atoms with Gasteiger partial charge in [0.25, 0.3) is 0 Å². The highest BCUT2D eigenvalue weighted by atomic mass is 16.5. The number of carbonyl (C=O) groups is 1. The van der Waals surface area contributed by atoms with Gasteiger partial charge in [-0.25, -0.2) is 0 Å². The first-order valence-corrected chi connectivity index (χ1v) is 10.1. The quantitative estimate of drug-likeness (QED) is 0.550. The van der Waals surface area contributed by atoms with Crippen LogP contribution in [0, 0.1) is 5.41 Å². The number of rotatable bonds is 5. The Morgan fingerprint density at radius 3 is 2.89 bits per heavy atom. The third kappa shape index (κ3) is 3.31. The number of hydrogen-bond donors (Lipinski definition) is 3. The molecule has 0 aromatic heterocycles. The van der Waals surface area contributed by atoms with E-state index < -0.39 is 0 Å². The van der Waals surface area contributed by atoms with Crippen LogP contribution in [-0.4, -0.2) is 44.2 Å². The highest BCUT2D eigenvalue weighted by Gasteiger charge is 2.59. The SMILES string of the molecule is CCOC1CC(NC(=NC)NCC2CC(=O)Nc3ccccc32)C12CCC2. The molecule has 1 aromatic carbocycles. The zero-order valence-corrected chi connectivity index (χ0v) is 16.3. The Morgan fingerprint density at radius 1 is 1.37 bits per heavy atom. The molecule has 1 aliphatic heterocycles. The standard InChI is InChI=1S/C21H30N4O2/c1-3-27-18-12-17(21(18)9-6-10-21)25-20(22-2)23-13-14-11-19(26)24-16-8-5-4-7-15(14)16/h4-5,7-8,14,17-18H,3,6,9-13H2,1-2H3,(H,24,26)(H2,22,23,25). The summed E-state index contributed by atoms with van der Waals surface area (Å²) in [6, 6.07) is 8.47. The molecular formula is C21H30N4O2. The van der Waals surface area contributed by atoms with Crippen LogP contribution in [0.15, 0.2) is 29.3 Å². The van der Waals surface area contributed by atoms with Crippen LogP contribution in [0.1, 0.15) is 50.5 Å². The van der Waals surface area contributed by atoms with Crippen molar-refractivity contribution in [2.24, 2.45) is 10.4 Å². The van der Waals surface area contributed by atoms with Gasteiger partial charge in [-0.15, -0.1) is 0 Å². The van der Waals surface area contributed by atoms with Gasteiger partial charge in [-0.05, 0) is 37.8 Å². The number of benzene rings is 1. The molecule has 1 heterocycles. The molecule has 0 radical (unpaired) electrons. The zero-order chi connectivity index (χ0) is 18.9. The Labute approximate surface area is 161 Å². The van der Waals surface area contributed by atoms with E-state index in [1.54, 1.807) is 0 Å². The van der Waals surface area contributed by atoms with E-state index in [9.17, 15) is 4.79 Å². The molecule has 2 aliphatic carbocycles. The van der Waals surface area contributed by atoms with Crippen LogP contribution in [0.5, 0.6) is 0 Å². The number of anilines is 1. The number of nitrogens with one attached hydrogen (secondary N) is 3. The number of carbonyl (C=O) groups excluding carboxylic acids is 1. The molecule has 1 amide bonds. The van der Waals surface area contributed by atoms with Crippen LogP contribution in [0.3, 0.4) is 0 Å². The summed E-state index contributed by atoms with van der Waals surface area (Å²) < 4.78 is 5.94. The first kappa shape index (κ1) is 18.3. The highest BCUT2D eigenvalue weighted by Crippen LogP contribution is 2.57. The maximum Gasteiger partial charge on any atom is 0.225 e. The number of guanidine groups is 1. The lowest BCUT2D eigenvalue weighted by molar-refractivity contribution is -0.168. The van der Waals surface area contributed by atoms with Crippen molar-refractivity contribution in [3.05, 3.63) is 29.8 Å². The molecule has 0 bridgehead atoms. The van der Waals surface area contributed by atoms with Crippen LogP contribution in [0.2, 0.25) is 0 Å². The lowest BCUT2D eigenvalue weighted by Crippen LogP contribution is -2.68. The van der Waals surface area contributed by atoms with E-state index in [2.05, 4.69) is 33.9 Å². The van der Waals surface area contributed by atoms with Crippen molar-refractivity contribution in [2.75, 3.05) is 25.5 Å². The summed E-state index contributed by atoms with van der Waals surface area (Å²) in [4.78, 5) is 16.4. The van der Waals surface area contributed by atoms with Crippen molar-refractivity contribution < 1.29 is 9.53 Å². The van der Waals surface area contributed by atoms with Gasteiger partial charge in [0.1, 0.15) is 0 Å². The van der Waals surface area contributed by atoms with E-state index in [4.69, 9.17) is 4.74 Å². The predicted octanol–water partition coefficient (Wildman–Crippen LogP) is 2.63. The summed E-state index contributed by atoms with van der Waals surface area (Å²) in [5.74, 6) is 1.06.